The molecule has 6 heteroatoms. The number of rotatable bonds is 4. The molecule has 1 fully saturated rings. The van der Waals surface area contributed by atoms with E-state index in [-0.39, 0.29) is 11.8 Å². The van der Waals surface area contributed by atoms with Crippen LogP contribution in [0.4, 0.5) is 0 Å². The number of carbonyl (C=O) groups excluding carboxylic acids is 1. The zero-order chi connectivity index (χ0) is 13.9. The second-order valence-corrected chi connectivity index (χ2v) is 6.77. The second kappa shape index (κ2) is 5.71. The van der Waals surface area contributed by atoms with Gasteiger partial charge in [-0.2, -0.15) is 4.31 Å². The van der Waals surface area contributed by atoms with E-state index in [1.54, 1.807) is 30.3 Å². The lowest BCUT2D eigenvalue weighted by atomic mass is 9.94. The number of nitrogens with zero attached hydrogens (tertiary/aromatic N) is 1. The molecule has 0 bridgehead atoms. The van der Waals surface area contributed by atoms with E-state index in [1.165, 1.54) is 4.31 Å². The number of benzene rings is 1. The Balaban J connectivity index is 2.03. The summed E-state index contributed by atoms with van der Waals surface area (Å²) >= 11 is 0. The van der Waals surface area contributed by atoms with E-state index in [9.17, 15) is 13.2 Å². The molecule has 1 aromatic carbocycles. The van der Waals surface area contributed by atoms with E-state index in [1.807, 2.05) is 0 Å². The highest BCUT2D eigenvalue weighted by Gasteiger charge is 2.29. The van der Waals surface area contributed by atoms with Gasteiger partial charge in [0.15, 0.2) is 0 Å². The van der Waals surface area contributed by atoms with Gasteiger partial charge >= 0.3 is 0 Å². The van der Waals surface area contributed by atoms with E-state index < -0.39 is 10.0 Å². The Morgan fingerprint density at radius 1 is 1.21 bits per heavy atom. The van der Waals surface area contributed by atoms with Gasteiger partial charge in [-0.05, 0) is 30.9 Å². The van der Waals surface area contributed by atoms with Crippen LogP contribution in [0.3, 0.4) is 0 Å². The largest absolute Gasteiger partial charge is 0.370 e. The van der Waals surface area contributed by atoms with Crippen molar-refractivity contribution in [2.75, 3.05) is 13.1 Å². The summed E-state index contributed by atoms with van der Waals surface area (Å²) in [5.41, 5.74) is 5.16. The molecule has 2 rings (SSSR count). The summed E-state index contributed by atoms with van der Waals surface area (Å²) < 4.78 is 26.2. The minimum Gasteiger partial charge on any atom is -0.370 e. The summed E-state index contributed by atoms with van der Waals surface area (Å²) in [4.78, 5) is 11.2. The number of hydrogen-bond donors (Lipinski definition) is 1. The van der Waals surface area contributed by atoms with Gasteiger partial charge in [-0.1, -0.05) is 18.2 Å². The molecular formula is C13H18N2O3S. The van der Waals surface area contributed by atoms with Gasteiger partial charge in [0.2, 0.25) is 15.9 Å². The van der Waals surface area contributed by atoms with Crippen LogP contribution in [0, 0.1) is 5.92 Å². The topological polar surface area (TPSA) is 80.5 Å². The van der Waals surface area contributed by atoms with Crippen molar-refractivity contribution in [3.05, 3.63) is 30.3 Å². The molecule has 0 saturated carbocycles. The summed E-state index contributed by atoms with van der Waals surface area (Å²) in [5.74, 6) is -0.107. The maximum Gasteiger partial charge on any atom is 0.243 e. The van der Waals surface area contributed by atoms with Gasteiger partial charge in [0.05, 0.1) is 4.90 Å². The van der Waals surface area contributed by atoms with Crippen molar-refractivity contribution < 1.29 is 13.2 Å². The third-order valence-electron chi connectivity index (χ3n) is 3.44. The molecule has 5 nitrogen and oxygen atoms in total. The number of carbonyl (C=O) groups is 1. The average molecular weight is 282 g/mol. The summed E-state index contributed by atoms with van der Waals surface area (Å²) in [5, 5.41) is 0. The third-order valence-corrected chi connectivity index (χ3v) is 5.36. The molecule has 19 heavy (non-hydrogen) atoms. The summed E-state index contributed by atoms with van der Waals surface area (Å²) in [6.45, 7) is 0.907. The van der Waals surface area contributed by atoms with Crippen LogP contribution < -0.4 is 5.73 Å². The number of nitrogens with two attached hydrogens (primary N) is 1. The number of amides is 1. The van der Waals surface area contributed by atoms with Gasteiger partial charge in [-0.3, -0.25) is 4.79 Å². The average Bonchev–Trinajstić information content (AvgIpc) is 2.40. The van der Waals surface area contributed by atoms with Crippen LogP contribution in [0.25, 0.3) is 0 Å². The molecule has 1 aromatic rings. The van der Waals surface area contributed by atoms with E-state index in [0.717, 1.165) is 0 Å². The Bertz CT molecular complexity index is 534. The maximum absolute atomic E-state index is 12.4. The van der Waals surface area contributed by atoms with Crippen LogP contribution in [-0.4, -0.2) is 31.7 Å². The molecule has 104 valence electrons. The zero-order valence-electron chi connectivity index (χ0n) is 10.7. The lowest BCUT2D eigenvalue weighted by Gasteiger charge is -2.30. The van der Waals surface area contributed by atoms with Crippen molar-refractivity contribution >= 4 is 15.9 Å². The molecule has 0 unspecified atom stereocenters. The molecule has 0 spiro atoms. The van der Waals surface area contributed by atoms with Crippen LogP contribution in [-0.2, 0) is 14.8 Å². The zero-order valence-corrected chi connectivity index (χ0v) is 11.5. The highest BCUT2D eigenvalue weighted by Crippen LogP contribution is 2.25. The number of piperidine rings is 1. The minimum absolute atomic E-state index is 0.208. The van der Waals surface area contributed by atoms with Crippen LogP contribution in [0.15, 0.2) is 35.2 Å². The minimum atomic E-state index is -3.40. The van der Waals surface area contributed by atoms with Crippen molar-refractivity contribution in [1.29, 1.82) is 0 Å². The number of hydrogen-bond acceptors (Lipinski definition) is 3. The quantitative estimate of drug-likeness (QED) is 0.893. The van der Waals surface area contributed by atoms with E-state index >= 15 is 0 Å². The van der Waals surface area contributed by atoms with Gasteiger partial charge in [0.25, 0.3) is 0 Å². The SMILES string of the molecule is NC(=O)CC1CCN(S(=O)(=O)c2ccccc2)CC1. The molecule has 1 heterocycles. The molecule has 0 aromatic heterocycles. The fourth-order valence-electron chi connectivity index (χ4n) is 2.38. The normalized spacial score (nSPS) is 18.3. The molecule has 0 atom stereocenters. The monoisotopic (exact) mass is 282 g/mol. The predicted molar refractivity (Wildman–Crippen MR) is 71.7 cm³/mol. The van der Waals surface area contributed by atoms with Crippen LogP contribution in [0.5, 0.6) is 0 Å². The van der Waals surface area contributed by atoms with Crippen molar-refractivity contribution in [2.24, 2.45) is 11.7 Å². The fraction of sp³-hybridized carbons (Fsp3) is 0.462. The predicted octanol–water partition coefficient (Wildman–Crippen LogP) is 0.963. The van der Waals surface area contributed by atoms with Crippen LogP contribution >= 0.6 is 0 Å². The van der Waals surface area contributed by atoms with Crippen LogP contribution in [0.1, 0.15) is 19.3 Å². The first-order chi connectivity index (χ1) is 9.00. The molecular weight excluding hydrogens is 264 g/mol. The Kier molecular flexibility index (Phi) is 4.21. The first kappa shape index (κ1) is 14.0. The lowest BCUT2D eigenvalue weighted by Crippen LogP contribution is -2.39. The molecule has 0 radical (unpaired) electrons. The van der Waals surface area contributed by atoms with Crippen molar-refractivity contribution in [3.63, 3.8) is 0 Å². The Hall–Kier alpha value is -1.40. The highest BCUT2D eigenvalue weighted by molar-refractivity contribution is 7.89. The lowest BCUT2D eigenvalue weighted by molar-refractivity contribution is -0.119. The van der Waals surface area contributed by atoms with Gasteiger partial charge in [0, 0.05) is 19.5 Å². The molecule has 1 saturated heterocycles. The van der Waals surface area contributed by atoms with E-state index in [4.69, 9.17) is 5.73 Å². The molecule has 1 aliphatic heterocycles. The molecule has 0 aliphatic carbocycles. The molecule has 1 amide bonds. The van der Waals surface area contributed by atoms with Gasteiger partial charge in [-0.15, -0.1) is 0 Å². The third kappa shape index (κ3) is 3.33. The van der Waals surface area contributed by atoms with Crippen molar-refractivity contribution in [1.82, 2.24) is 4.31 Å². The van der Waals surface area contributed by atoms with Gasteiger partial charge < -0.3 is 5.73 Å². The summed E-state index contributed by atoms with van der Waals surface area (Å²) in [6, 6.07) is 8.42. The first-order valence-corrected chi connectivity index (χ1v) is 7.77. The molecule has 1 aliphatic rings. The highest BCUT2D eigenvalue weighted by atomic mass is 32.2. The smallest absolute Gasteiger partial charge is 0.243 e. The Morgan fingerprint density at radius 3 is 2.32 bits per heavy atom. The number of primary amides is 1. The standard InChI is InChI=1S/C13H18N2O3S/c14-13(16)10-11-6-8-15(9-7-11)19(17,18)12-4-2-1-3-5-12/h1-5,11H,6-10H2,(H2,14,16). The van der Waals surface area contributed by atoms with Crippen molar-refractivity contribution in [2.45, 2.75) is 24.2 Å². The van der Waals surface area contributed by atoms with Crippen LogP contribution in [0.2, 0.25) is 0 Å². The summed E-state index contributed by atoms with van der Waals surface area (Å²) in [6.07, 6.45) is 1.73. The van der Waals surface area contributed by atoms with Gasteiger partial charge in [0.1, 0.15) is 0 Å². The van der Waals surface area contributed by atoms with E-state index in [0.29, 0.717) is 37.2 Å². The first-order valence-electron chi connectivity index (χ1n) is 6.33. The molecule has 2 N–H and O–H groups in total. The Labute approximate surface area is 113 Å². The second-order valence-electron chi connectivity index (χ2n) is 4.83. The van der Waals surface area contributed by atoms with Crippen molar-refractivity contribution in [3.8, 4) is 0 Å². The fourth-order valence-corrected chi connectivity index (χ4v) is 3.87. The van der Waals surface area contributed by atoms with E-state index in [2.05, 4.69) is 0 Å². The maximum atomic E-state index is 12.4. The Morgan fingerprint density at radius 2 is 1.79 bits per heavy atom. The van der Waals surface area contributed by atoms with Gasteiger partial charge in [-0.25, -0.2) is 8.42 Å². The summed E-state index contributed by atoms with van der Waals surface area (Å²) in [7, 11) is -3.40. The number of sulfonamides is 1.